The summed E-state index contributed by atoms with van der Waals surface area (Å²) in [7, 11) is -3.30. The van der Waals surface area contributed by atoms with Crippen molar-refractivity contribution in [3.8, 4) is 0 Å². The van der Waals surface area contributed by atoms with Gasteiger partial charge < -0.3 is 0 Å². The first-order valence-electron chi connectivity index (χ1n) is 5.73. The highest BCUT2D eigenvalue weighted by Crippen LogP contribution is 2.36. The third-order valence-corrected chi connectivity index (χ3v) is 4.62. The highest BCUT2D eigenvalue weighted by Gasteiger charge is 2.21. The molecule has 1 N–H and O–H groups in total. The van der Waals surface area contributed by atoms with Crippen molar-refractivity contribution in [2.45, 2.75) is 37.0 Å². The molecule has 16 heavy (non-hydrogen) atoms. The molecule has 1 aliphatic carbocycles. The summed E-state index contributed by atoms with van der Waals surface area (Å²) in [5.74, 6) is 0.566. The SMILES string of the molecule is CCNS(=O)(=O)c1cccc(C2CCC2)c1. The zero-order valence-electron chi connectivity index (χ0n) is 9.44. The van der Waals surface area contributed by atoms with E-state index in [4.69, 9.17) is 0 Å². The van der Waals surface area contributed by atoms with E-state index in [0.717, 1.165) is 5.56 Å². The molecule has 0 radical (unpaired) electrons. The Kier molecular flexibility index (Phi) is 3.30. The number of sulfonamides is 1. The summed E-state index contributed by atoms with van der Waals surface area (Å²) in [5.41, 5.74) is 1.16. The molecule has 4 heteroatoms. The van der Waals surface area contributed by atoms with Crippen LogP contribution in [-0.4, -0.2) is 15.0 Å². The lowest BCUT2D eigenvalue weighted by Gasteiger charge is -2.26. The molecule has 1 aromatic rings. The van der Waals surface area contributed by atoms with Gasteiger partial charge in [0.25, 0.3) is 0 Å². The van der Waals surface area contributed by atoms with Crippen LogP contribution in [-0.2, 0) is 10.0 Å². The van der Waals surface area contributed by atoms with Crippen molar-refractivity contribution < 1.29 is 8.42 Å². The second-order valence-electron chi connectivity index (χ2n) is 4.20. The van der Waals surface area contributed by atoms with Crippen LogP contribution in [0.4, 0.5) is 0 Å². The van der Waals surface area contributed by atoms with Gasteiger partial charge in [-0.15, -0.1) is 0 Å². The first-order valence-corrected chi connectivity index (χ1v) is 7.21. The fourth-order valence-electron chi connectivity index (χ4n) is 1.95. The molecule has 0 aromatic heterocycles. The van der Waals surface area contributed by atoms with E-state index in [9.17, 15) is 8.42 Å². The van der Waals surface area contributed by atoms with Crippen LogP contribution < -0.4 is 4.72 Å². The molecule has 0 heterocycles. The maximum Gasteiger partial charge on any atom is 0.240 e. The van der Waals surface area contributed by atoms with Gasteiger partial charge in [0.2, 0.25) is 10.0 Å². The molecule has 0 atom stereocenters. The Morgan fingerprint density at radius 2 is 2.12 bits per heavy atom. The number of hydrogen-bond acceptors (Lipinski definition) is 2. The summed E-state index contributed by atoms with van der Waals surface area (Å²) in [6.07, 6.45) is 3.63. The summed E-state index contributed by atoms with van der Waals surface area (Å²) in [6, 6.07) is 7.31. The van der Waals surface area contributed by atoms with E-state index in [0.29, 0.717) is 17.4 Å². The second-order valence-corrected chi connectivity index (χ2v) is 5.97. The summed E-state index contributed by atoms with van der Waals surface area (Å²) in [6.45, 7) is 2.21. The van der Waals surface area contributed by atoms with E-state index in [-0.39, 0.29) is 0 Å². The van der Waals surface area contributed by atoms with Crippen LogP contribution >= 0.6 is 0 Å². The van der Waals surface area contributed by atoms with Crippen molar-refractivity contribution in [2.75, 3.05) is 6.54 Å². The minimum absolute atomic E-state index is 0.388. The Morgan fingerprint density at radius 3 is 2.69 bits per heavy atom. The van der Waals surface area contributed by atoms with Gasteiger partial charge in [-0.3, -0.25) is 0 Å². The Labute approximate surface area is 96.9 Å². The molecule has 1 aromatic carbocycles. The van der Waals surface area contributed by atoms with Crippen LogP contribution in [0.1, 0.15) is 37.7 Å². The summed E-state index contributed by atoms with van der Waals surface area (Å²) >= 11 is 0. The van der Waals surface area contributed by atoms with E-state index in [1.54, 1.807) is 13.0 Å². The predicted molar refractivity (Wildman–Crippen MR) is 63.9 cm³/mol. The van der Waals surface area contributed by atoms with Gasteiger partial charge in [0, 0.05) is 6.54 Å². The van der Waals surface area contributed by atoms with E-state index >= 15 is 0 Å². The molecule has 0 bridgehead atoms. The van der Waals surface area contributed by atoms with Crippen molar-refractivity contribution in [3.63, 3.8) is 0 Å². The molecule has 2 rings (SSSR count). The average Bonchev–Trinajstić information content (AvgIpc) is 2.15. The first-order chi connectivity index (χ1) is 7.63. The monoisotopic (exact) mass is 239 g/mol. The first kappa shape index (κ1) is 11.6. The normalized spacial score (nSPS) is 17.1. The van der Waals surface area contributed by atoms with Gasteiger partial charge in [-0.05, 0) is 36.5 Å². The summed E-state index contributed by atoms with van der Waals surface area (Å²) in [5, 5.41) is 0. The maximum atomic E-state index is 11.8. The number of hydrogen-bond donors (Lipinski definition) is 1. The molecular formula is C12H17NO2S. The molecule has 1 aliphatic rings. The van der Waals surface area contributed by atoms with Crippen molar-refractivity contribution >= 4 is 10.0 Å². The van der Waals surface area contributed by atoms with Gasteiger partial charge >= 0.3 is 0 Å². The van der Waals surface area contributed by atoms with Crippen LogP contribution in [0.2, 0.25) is 0 Å². The number of nitrogens with one attached hydrogen (secondary N) is 1. The van der Waals surface area contributed by atoms with Crippen LogP contribution in [0.25, 0.3) is 0 Å². The standard InChI is InChI=1S/C12H17NO2S/c1-2-13-16(14,15)12-8-4-7-11(9-12)10-5-3-6-10/h4,7-10,13H,2-3,5-6H2,1H3. The van der Waals surface area contributed by atoms with Crippen molar-refractivity contribution in [1.29, 1.82) is 0 Å². The minimum Gasteiger partial charge on any atom is -0.211 e. The largest absolute Gasteiger partial charge is 0.240 e. The zero-order valence-corrected chi connectivity index (χ0v) is 10.3. The Hall–Kier alpha value is -0.870. The second kappa shape index (κ2) is 4.55. The molecule has 0 spiro atoms. The van der Waals surface area contributed by atoms with E-state index < -0.39 is 10.0 Å². The average molecular weight is 239 g/mol. The molecule has 0 unspecified atom stereocenters. The zero-order chi connectivity index (χ0) is 11.6. The molecule has 1 saturated carbocycles. The van der Waals surface area contributed by atoms with Gasteiger partial charge in [0.1, 0.15) is 0 Å². The lowest BCUT2D eigenvalue weighted by atomic mass is 9.80. The highest BCUT2D eigenvalue weighted by molar-refractivity contribution is 7.89. The maximum absolute atomic E-state index is 11.8. The Bertz CT molecular complexity index is 464. The quantitative estimate of drug-likeness (QED) is 0.876. The van der Waals surface area contributed by atoms with Gasteiger partial charge in [-0.1, -0.05) is 25.5 Å². The van der Waals surface area contributed by atoms with Gasteiger partial charge in [0.15, 0.2) is 0 Å². The number of rotatable bonds is 4. The Morgan fingerprint density at radius 1 is 1.38 bits per heavy atom. The van der Waals surface area contributed by atoms with Crippen LogP contribution in [0.5, 0.6) is 0 Å². The fraction of sp³-hybridized carbons (Fsp3) is 0.500. The summed E-state index contributed by atoms with van der Waals surface area (Å²) in [4.78, 5) is 0.388. The summed E-state index contributed by atoms with van der Waals surface area (Å²) < 4.78 is 26.1. The molecule has 3 nitrogen and oxygen atoms in total. The molecule has 0 amide bonds. The van der Waals surface area contributed by atoms with Crippen LogP contribution in [0.3, 0.4) is 0 Å². The van der Waals surface area contributed by atoms with E-state index in [1.165, 1.54) is 19.3 Å². The van der Waals surface area contributed by atoms with Crippen molar-refractivity contribution in [2.24, 2.45) is 0 Å². The minimum atomic E-state index is -3.30. The molecule has 0 aliphatic heterocycles. The lowest BCUT2D eigenvalue weighted by molar-refractivity contribution is 0.419. The Balaban J connectivity index is 2.28. The predicted octanol–water partition coefficient (Wildman–Crippen LogP) is 2.25. The topological polar surface area (TPSA) is 46.2 Å². The lowest BCUT2D eigenvalue weighted by Crippen LogP contribution is -2.23. The smallest absolute Gasteiger partial charge is 0.211 e. The van der Waals surface area contributed by atoms with Crippen LogP contribution in [0, 0.1) is 0 Å². The third kappa shape index (κ3) is 2.28. The number of benzene rings is 1. The molecular weight excluding hydrogens is 222 g/mol. The van der Waals surface area contributed by atoms with E-state index in [2.05, 4.69) is 4.72 Å². The molecule has 1 fully saturated rings. The van der Waals surface area contributed by atoms with Gasteiger partial charge in [0.05, 0.1) is 4.90 Å². The van der Waals surface area contributed by atoms with Crippen molar-refractivity contribution in [3.05, 3.63) is 29.8 Å². The third-order valence-electron chi connectivity index (χ3n) is 3.08. The van der Waals surface area contributed by atoms with Crippen molar-refractivity contribution in [1.82, 2.24) is 4.72 Å². The van der Waals surface area contributed by atoms with Crippen LogP contribution in [0.15, 0.2) is 29.2 Å². The van der Waals surface area contributed by atoms with Gasteiger partial charge in [-0.2, -0.15) is 0 Å². The van der Waals surface area contributed by atoms with E-state index in [1.807, 2.05) is 18.2 Å². The molecule has 0 saturated heterocycles. The molecule has 88 valence electrons. The van der Waals surface area contributed by atoms with Gasteiger partial charge in [-0.25, -0.2) is 13.1 Å². The fourth-order valence-corrected chi connectivity index (χ4v) is 3.05. The highest BCUT2D eigenvalue weighted by atomic mass is 32.2.